The number of carbonyl (C=O) groups excluding carboxylic acids is 2. The van der Waals surface area contributed by atoms with Gasteiger partial charge in [-0.05, 0) is 61.2 Å². The van der Waals surface area contributed by atoms with Gasteiger partial charge in [-0.2, -0.15) is 0 Å². The van der Waals surface area contributed by atoms with E-state index in [1.54, 1.807) is 53.4 Å². The second-order valence-corrected chi connectivity index (χ2v) is 8.03. The fourth-order valence-corrected chi connectivity index (χ4v) is 3.90. The molecule has 0 unspecified atom stereocenters. The van der Waals surface area contributed by atoms with Gasteiger partial charge in [-0.3, -0.25) is 9.59 Å². The molecule has 2 aromatic rings. The van der Waals surface area contributed by atoms with Gasteiger partial charge in [0.2, 0.25) is 0 Å². The molecule has 0 radical (unpaired) electrons. The van der Waals surface area contributed by atoms with Crippen molar-refractivity contribution < 1.29 is 19.4 Å². The van der Waals surface area contributed by atoms with Crippen LogP contribution in [-0.2, 0) is 4.79 Å². The molecule has 156 valence electrons. The number of anilines is 1. The molecule has 30 heavy (non-hydrogen) atoms. The zero-order valence-corrected chi connectivity index (χ0v) is 17.2. The van der Waals surface area contributed by atoms with Crippen LogP contribution in [-0.4, -0.2) is 48.1 Å². The standard InChI is InChI=1S/C23H23ClN2O4/c24-19-4-5-21-17(11-19)10-18(14-30-21)22(28)25-20-3-1-2-16(12-20)23(29)26-8-6-15(13-27)7-9-26/h1-5,10-12,15,27H,6-9,13-14H2,(H,25,28). The third-order valence-electron chi connectivity index (χ3n) is 5.50. The van der Waals surface area contributed by atoms with Crippen LogP contribution in [0, 0.1) is 5.92 Å². The van der Waals surface area contributed by atoms with Gasteiger partial charge >= 0.3 is 0 Å². The Morgan fingerprint density at radius 1 is 1.17 bits per heavy atom. The molecule has 0 spiro atoms. The monoisotopic (exact) mass is 426 g/mol. The maximum atomic E-state index is 12.8. The van der Waals surface area contributed by atoms with Crippen molar-refractivity contribution in [3.05, 3.63) is 64.2 Å². The van der Waals surface area contributed by atoms with Crippen molar-refractivity contribution in [3.8, 4) is 5.75 Å². The van der Waals surface area contributed by atoms with Crippen LogP contribution in [0.15, 0.2) is 48.0 Å². The van der Waals surface area contributed by atoms with Gasteiger partial charge in [-0.1, -0.05) is 17.7 Å². The Morgan fingerprint density at radius 2 is 1.97 bits per heavy atom. The summed E-state index contributed by atoms with van der Waals surface area (Å²) in [5.74, 6) is 0.611. The molecule has 4 rings (SSSR count). The van der Waals surface area contributed by atoms with Gasteiger partial charge in [0.1, 0.15) is 12.4 Å². The fourth-order valence-electron chi connectivity index (χ4n) is 3.72. The van der Waals surface area contributed by atoms with Gasteiger partial charge in [-0.25, -0.2) is 0 Å². The fraction of sp³-hybridized carbons (Fsp3) is 0.304. The highest BCUT2D eigenvalue weighted by molar-refractivity contribution is 6.30. The molecule has 0 aromatic heterocycles. The predicted molar refractivity (Wildman–Crippen MR) is 116 cm³/mol. The van der Waals surface area contributed by atoms with Crippen molar-refractivity contribution in [2.24, 2.45) is 5.92 Å². The van der Waals surface area contributed by atoms with E-state index in [9.17, 15) is 14.7 Å². The van der Waals surface area contributed by atoms with Crippen LogP contribution in [0.25, 0.3) is 6.08 Å². The van der Waals surface area contributed by atoms with Gasteiger partial charge in [0.15, 0.2) is 0 Å². The van der Waals surface area contributed by atoms with E-state index in [1.165, 1.54) is 0 Å². The summed E-state index contributed by atoms with van der Waals surface area (Å²) in [5.41, 5.74) is 2.32. The van der Waals surface area contributed by atoms with Gasteiger partial charge in [0, 0.05) is 41.5 Å². The highest BCUT2D eigenvalue weighted by Crippen LogP contribution is 2.29. The number of aliphatic hydroxyl groups is 1. The Balaban J connectivity index is 1.44. The first-order valence-corrected chi connectivity index (χ1v) is 10.4. The molecule has 2 amide bonds. The van der Waals surface area contributed by atoms with Crippen molar-refractivity contribution >= 4 is 35.2 Å². The molecule has 2 heterocycles. The minimum Gasteiger partial charge on any atom is -0.488 e. The number of rotatable bonds is 4. The largest absolute Gasteiger partial charge is 0.488 e. The summed E-state index contributed by atoms with van der Waals surface area (Å²) >= 11 is 6.03. The molecule has 2 N–H and O–H groups in total. The van der Waals surface area contributed by atoms with E-state index in [-0.39, 0.29) is 30.9 Å². The molecule has 2 aliphatic heterocycles. The lowest BCUT2D eigenvalue weighted by Crippen LogP contribution is -2.39. The smallest absolute Gasteiger partial charge is 0.255 e. The second kappa shape index (κ2) is 8.90. The maximum Gasteiger partial charge on any atom is 0.255 e. The molecule has 1 saturated heterocycles. The van der Waals surface area contributed by atoms with E-state index >= 15 is 0 Å². The van der Waals surface area contributed by atoms with Crippen LogP contribution in [0.2, 0.25) is 5.02 Å². The van der Waals surface area contributed by atoms with E-state index < -0.39 is 0 Å². The average Bonchev–Trinajstić information content (AvgIpc) is 2.78. The Morgan fingerprint density at radius 3 is 2.73 bits per heavy atom. The lowest BCUT2D eigenvalue weighted by atomic mass is 9.97. The highest BCUT2D eigenvalue weighted by atomic mass is 35.5. The summed E-state index contributed by atoms with van der Waals surface area (Å²) in [6.45, 7) is 1.60. The highest BCUT2D eigenvalue weighted by Gasteiger charge is 2.24. The molecule has 7 heteroatoms. The summed E-state index contributed by atoms with van der Waals surface area (Å²) in [6.07, 6.45) is 3.37. The molecule has 0 aliphatic carbocycles. The Kier molecular flexibility index (Phi) is 6.06. The van der Waals surface area contributed by atoms with Gasteiger partial charge in [0.25, 0.3) is 11.8 Å². The number of carbonyl (C=O) groups is 2. The number of benzene rings is 2. The van der Waals surface area contributed by atoms with E-state index in [4.69, 9.17) is 16.3 Å². The Labute approximate surface area is 180 Å². The van der Waals surface area contributed by atoms with Gasteiger partial charge in [-0.15, -0.1) is 0 Å². The van der Waals surface area contributed by atoms with Gasteiger partial charge in [0.05, 0.1) is 5.57 Å². The average molecular weight is 427 g/mol. The first-order chi connectivity index (χ1) is 14.5. The van der Waals surface area contributed by atoms with Crippen LogP contribution < -0.4 is 10.1 Å². The van der Waals surface area contributed by atoms with Crippen LogP contribution in [0.5, 0.6) is 5.75 Å². The number of hydrogen-bond donors (Lipinski definition) is 2. The van der Waals surface area contributed by atoms with E-state index in [2.05, 4.69) is 5.32 Å². The lowest BCUT2D eigenvalue weighted by Gasteiger charge is -2.31. The lowest BCUT2D eigenvalue weighted by molar-refractivity contribution is -0.113. The van der Waals surface area contributed by atoms with E-state index in [0.717, 1.165) is 18.4 Å². The summed E-state index contributed by atoms with van der Waals surface area (Å²) in [5, 5.41) is 12.7. The number of fused-ring (bicyclic) bond motifs is 1. The topological polar surface area (TPSA) is 78.9 Å². The summed E-state index contributed by atoms with van der Waals surface area (Å²) < 4.78 is 5.64. The van der Waals surface area contributed by atoms with E-state index in [1.807, 2.05) is 0 Å². The van der Waals surface area contributed by atoms with Crippen LogP contribution in [0.4, 0.5) is 5.69 Å². The molecule has 2 aliphatic rings. The quantitative estimate of drug-likeness (QED) is 0.783. The third-order valence-corrected chi connectivity index (χ3v) is 5.74. The molecule has 0 atom stereocenters. The Hall–Kier alpha value is -2.83. The first kappa shape index (κ1) is 20.4. The molecule has 1 fully saturated rings. The number of nitrogens with zero attached hydrogens (tertiary/aromatic N) is 1. The summed E-state index contributed by atoms with van der Waals surface area (Å²) in [6, 6.07) is 12.2. The Bertz CT molecular complexity index is 996. The predicted octanol–water partition coefficient (Wildman–Crippen LogP) is 3.60. The van der Waals surface area contributed by atoms with Crippen LogP contribution in [0.1, 0.15) is 28.8 Å². The number of aliphatic hydroxyl groups excluding tert-OH is 1. The number of halogens is 1. The molecular weight excluding hydrogens is 404 g/mol. The summed E-state index contributed by atoms with van der Waals surface area (Å²) in [7, 11) is 0. The minimum atomic E-state index is -0.283. The number of nitrogens with one attached hydrogen (secondary N) is 1. The van der Waals surface area contributed by atoms with Crippen molar-refractivity contribution in [3.63, 3.8) is 0 Å². The molecule has 0 saturated carbocycles. The number of likely N-dealkylation sites (tertiary alicyclic amines) is 1. The minimum absolute atomic E-state index is 0.0636. The van der Waals surface area contributed by atoms with Crippen LogP contribution >= 0.6 is 11.6 Å². The molecule has 0 bridgehead atoms. The normalized spacial score (nSPS) is 16.3. The number of piperidine rings is 1. The number of ether oxygens (including phenoxy) is 1. The molecule has 2 aromatic carbocycles. The van der Waals surface area contributed by atoms with E-state index in [0.29, 0.717) is 40.7 Å². The summed E-state index contributed by atoms with van der Waals surface area (Å²) in [4.78, 5) is 27.3. The van der Waals surface area contributed by atoms with Crippen molar-refractivity contribution in [1.82, 2.24) is 4.90 Å². The van der Waals surface area contributed by atoms with Crippen molar-refractivity contribution in [2.45, 2.75) is 12.8 Å². The maximum absolute atomic E-state index is 12.8. The zero-order valence-electron chi connectivity index (χ0n) is 16.4. The molecular formula is C23H23ClN2O4. The van der Waals surface area contributed by atoms with Crippen molar-refractivity contribution in [1.29, 1.82) is 0 Å². The number of hydrogen-bond acceptors (Lipinski definition) is 4. The second-order valence-electron chi connectivity index (χ2n) is 7.59. The number of amides is 2. The third kappa shape index (κ3) is 4.50. The van der Waals surface area contributed by atoms with Crippen molar-refractivity contribution in [2.75, 3.05) is 31.6 Å². The zero-order chi connectivity index (χ0) is 21.1. The SMILES string of the molecule is O=C(Nc1cccc(C(=O)N2CCC(CO)CC2)c1)C1=Cc2cc(Cl)ccc2OC1. The first-order valence-electron chi connectivity index (χ1n) is 9.98. The van der Waals surface area contributed by atoms with Crippen LogP contribution in [0.3, 0.4) is 0 Å². The van der Waals surface area contributed by atoms with Gasteiger partial charge < -0.3 is 20.1 Å². The molecule has 6 nitrogen and oxygen atoms in total.